The van der Waals surface area contributed by atoms with Crippen LogP contribution >= 0.6 is 11.3 Å². The molecule has 0 aliphatic carbocycles. The molecule has 0 spiro atoms. The largest absolute Gasteiger partial charge is 0.339 e. The third-order valence-electron chi connectivity index (χ3n) is 3.95. The molecule has 0 aromatic carbocycles. The molecule has 1 fully saturated rings. The zero-order chi connectivity index (χ0) is 17.4. The molecule has 2 rings (SSSR count). The Morgan fingerprint density at radius 1 is 1.26 bits per heavy atom. The average Bonchev–Trinajstić information content (AvgIpc) is 2.86. The van der Waals surface area contributed by atoms with Crippen molar-refractivity contribution in [1.29, 1.82) is 5.26 Å². The van der Waals surface area contributed by atoms with E-state index >= 15 is 0 Å². The maximum atomic E-state index is 12.7. The molecule has 6 nitrogen and oxygen atoms in total. The number of amides is 1. The molecule has 2 heterocycles. The van der Waals surface area contributed by atoms with E-state index in [2.05, 4.69) is 0 Å². The molecule has 126 valence electrons. The van der Waals surface area contributed by atoms with E-state index in [1.807, 2.05) is 13.0 Å². The molecule has 0 saturated carbocycles. The lowest BCUT2D eigenvalue weighted by molar-refractivity contribution is -0.138. The van der Waals surface area contributed by atoms with Gasteiger partial charge in [0.05, 0.1) is 11.0 Å². The second kappa shape index (κ2) is 6.23. The number of sulfonamides is 1. The van der Waals surface area contributed by atoms with Crippen molar-refractivity contribution in [3.05, 3.63) is 15.8 Å². The molecule has 1 aliphatic heterocycles. The Labute approximate surface area is 141 Å². The molecule has 8 heteroatoms. The van der Waals surface area contributed by atoms with Gasteiger partial charge in [-0.2, -0.15) is 9.57 Å². The number of thiophene rings is 1. The third kappa shape index (κ3) is 3.42. The number of rotatable bonds is 3. The van der Waals surface area contributed by atoms with E-state index in [-0.39, 0.29) is 19.0 Å². The molecule has 1 aliphatic rings. The van der Waals surface area contributed by atoms with Gasteiger partial charge in [-0.15, -0.1) is 11.3 Å². The summed E-state index contributed by atoms with van der Waals surface area (Å²) in [5.74, 6) is -0.250. The van der Waals surface area contributed by atoms with Crippen molar-refractivity contribution < 1.29 is 13.2 Å². The first-order valence-corrected chi connectivity index (χ1v) is 9.63. The highest BCUT2D eigenvalue weighted by molar-refractivity contribution is 7.89. The highest BCUT2D eigenvalue weighted by Crippen LogP contribution is 2.28. The number of hydrogen-bond donors (Lipinski definition) is 0. The monoisotopic (exact) mass is 355 g/mol. The summed E-state index contributed by atoms with van der Waals surface area (Å²) in [5.41, 5.74) is -1.08. The van der Waals surface area contributed by atoms with Crippen LogP contribution in [0.15, 0.2) is 11.0 Å². The lowest BCUT2D eigenvalue weighted by atomic mass is 9.93. The van der Waals surface area contributed by atoms with Gasteiger partial charge in [0.1, 0.15) is 5.41 Å². The van der Waals surface area contributed by atoms with Gasteiger partial charge in [0.15, 0.2) is 0 Å². The van der Waals surface area contributed by atoms with E-state index in [9.17, 15) is 13.2 Å². The van der Waals surface area contributed by atoms with Crippen molar-refractivity contribution in [2.75, 3.05) is 26.2 Å². The van der Waals surface area contributed by atoms with E-state index < -0.39 is 15.4 Å². The van der Waals surface area contributed by atoms with Gasteiger partial charge >= 0.3 is 0 Å². The minimum atomic E-state index is -3.52. The predicted octanol–water partition coefficient (Wildman–Crippen LogP) is 1.75. The number of nitrogens with zero attached hydrogens (tertiary/aromatic N) is 3. The Hall–Kier alpha value is -1.43. The Balaban J connectivity index is 2.12. The van der Waals surface area contributed by atoms with E-state index in [0.717, 1.165) is 9.75 Å². The maximum Gasteiger partial charge on any atom is 0.244 e. The molecule has 0 unspecified atom stereocenters. The standard InChI is InChI=1S/C15H21N3O3S2/c1-11-9-13(12(2)22-11)23(20,21)18-7-5-17(6-8-18)14(19)15(3,4)10-16/h9H,5-8H2,1-4H3. The quantitative estimate of drug-likeness (QED) is 0.827. The number of nitriles is 1. The fraction of sp³-hybridized carbons (Fsp3) is 0.600. The molecule has 1 saturated heterocycles. The van der Waals surface area contributed by atoms with Gasteiger partial charge < -0.3 is 4.90 Å². The highest BCUT2D eigenvalue weighted by atomic mass is 32.2. The predicted molar refractivity (Wildman–Crippen MR) is 88.5 cm³/mol. The van der Waals surface area contributed by atoms with Crippen molar-refractivity contribution in [3.8, 4) is 6.07 Å². The van der Waals surface area contributed by atoms with Crippen LogP contribution in [0.4, 0.5) is 0 Å². The minimum absolute atomic E-state index is 0.250. The first-order valence-electron chi connectivity index (χ1n) is 7.37. The summed E-state index contributed by atoms with van der Waals surface area (Å²) in [7, 11) is -3.52. The topological polar surface area (TPSA) is 81.5 Å². The summed E-state index contributed by atoms with van der Waals surface area (Å²) in [6, 6.07) is 3.69. The van der Waals surface area contributed by atoms with Crippen LogP contribution in [-0.2, 0) is 14.8 Å². The second-order valence-corrected chi connectivity index (χ2v) is 9.58. The van der Waals surface area contributed by atoms with E-state index in [1.165, 1.54) is 15.6 Å². The Bertz CT molecular complexity index is 751. The van der Waals surface area contributed by atoms with Crippen LogP contribution in [0, 0.1) is 30.6 Å². The van der Waals surface area contributed by atoms with Crippen molar-refractivity contribution in [2.24, 2.45) is 5.41 Å². The van der Waals surface area contributed by atoms with E-state index in [0.29, 0.717) is 18.0 Å². The zero-order valence-electron chi connectivity index (χ0n) is 13.8. The maximum absolute atomic E-state index is 12.7. The van der Waals surface area contributed by atoms with Crippen molar-refractivity contribution in [3.63, 3.8) is 0 Å². The molecular weight excluding hydrogens is 334 g/mol. The van der Waals surface area contributed by atoms with Gasteiger partial charge in [-0.3, -0.25) is 4.79 Å². The Kier molecular flexibility index (Phi) is 4.85. The molecule has 23 heavy (non-hydrogen) atoms. The van der Waals surface area contributed by atoms with Crippen molar-refractivity contribution >= 4 is 27.3 Å². The number of hydrogen-bond acceptors (Lipinski definition) is 5. The smallest absolute Gasteiger partial charge is 0.244 e. The summed E-state index contributed by atoms with van der Waals surface area (Å²) in [6.45, 7) is 7.98. The van der Waals surface area contributed by atoms with Gasteiger partial charge in [-0.25, -0.2) is 8.42 Å². The van der Waals surface area contributed by atoms with Gasteiger partial charge in [-0.05, 0) is 33.8 Å². The summed E-state index contributed by atoms with van der Waals surface area (Å²) < 4.78 is 26.9. The fourth-order valence-electron chi connectivity index (χ4n) is 2.58. The first kappa shape index (κ1) is 17.9. The molecule has 0 atom stereocenters. The lowest BCUT2D eigenvalue weighted by Crippen LogP contribution is -2.53. The average molecular weight is 355 g/mol. The lowest BCUT2D eigenvalue weighted by Gasteiger charge is -2.36. The summed E-state index contributed by atoms with van der Waals surface area (Å²) in [6.07, 6.45) is 0. The molecule has 1 aromatic rings. The van der Waals surface area contributed by atoms with Gasteiger partial charge in [-0.1, -0.05) is 0 Å². The number of carbonyl (C=O) groups is 1. The Morgan fingerprint density at radius 2 is 1.83 bits per heavy atom. The first-order chi connectivity index (χ1) is 10.6. The number of aryl methyl sites for hydroxylation is 2. The van der Waals surface area contributed by atoms with Gasteiger partial charge in [0.25, 0.3) is 0 Å². The summed E-state index contributed by atoms with van der Waals surface area (Å²) in [4.78, 5) is 15.9. The van der Waals surface area contributed by atoms with Gasteiger partial charge in [0.2, 0.25) is 15.9 Å². The number of piperazine rings is 1. The van der Waals surface area contributed by atoms with Crippen LogP contribution in [0.5, 0.6) is 0 Å². The van der Waals surface area contributed by atoms with Crippen LogP contribution in [0.2, 0.25) is 0 Å². The zero-order valence-corrected chi connectivity index (χ0v) is 15.4. The number of carbonyl (C=O) groups excluding carboxylic acids is 1. The Morgan fingerprint density at radius 3 is 2.26 bits per heavy atom. The van der Waals surface area contributed by atoms with E-state index in [1.54, 1.807) is 31.7 Å². The molecule has 0 radical (unpaired) electrons. The van der Waals surface area contributed by atoms with Gasteiger partial charge in [0, 0.05) is 35.9 Å². The van der Waals surface area contributed by atoms with Crippen LogP contribution in [0.1, 0.15) is 23.6 Å². The summed E-state index contributed by atoms with van der Waals surface area (Å²) >= 11 is 1.47. The SMILES string of the molecule is Cc1cc(S(=O)(=O)N2CCN(C(=O)C(C)(C)C#N)CC2)c(C)s1. The molecule has 0 bridgehead atoms. The van der Waals surface area contributed by atoms with Crippen LogP contribution in [-0.4, -0.2) is 49.7 Å². The van der Waals surface area contributed by atoms with Crippen LogP contribution < -0.4 is 0 Å². The van der Waals surface area contributed by atoms with Crippen molar-refractivity contribution in [1.82, 2.24) is 9.21 Å². The molecular formula is C15H21N3O3S2. The molecule has 1 aromatic heterocycles. The normalized spacial score (nSPS) is 17.1. The van der Waals surface area contributed by atoms with Crippen LogP contribution in [0.25, 0.3) is 0 Å². The summed E-state index contributed by atoms with van der Waals surface area (Å²) in [5, 5.41) is 9.06. The second-order valence-electron chi connectivity index (χ2n) is 6.21. The fourth-order valence-corrected chi connectivity index (χ4v) is 5.52. The van der Waals surface area contributed by atoms with Crippen LogP contribution in [0.3, 0.4) is 0 Å². The van der Waals surface area contributed by atoms with Crippen molar-refractivity contribution in [2.45, 2.75) is 32.6 Å². The minimum Gasteiger partial charge on any atom is -0.339 e. The van der Waals surface area contributed by atoms with E-state index in [4.69, 9.17) is 5.26 Å². The highest BCUT2D eigenvalue weighted by Gasteiger charge is 2.36. The molecule has 1 amide bonds. The third-order valence-corrected chi connectivity index (χ3v) is 7.07. The molecule has 0 N–H and O–H groups in total.